The zero-order valence-electron chi connectivity index (χ0n) is 5.06. The van der Waals surface area contributed by atoms with Crippen molar-refractivity contribution >= 4 is 11.6 Å². The third-order valence-electron chi connectivity index (χ3n) is 1.10. The molecule has 0 saturated carbocycles. The fraction of sp³-hybridized carbons (Fsp3) is 0.600. The van der Waals surface area contributed by atoms with E-state index >= 15 is 0 Å². The Hall–Kier alpha value is -0.860. The summed E-state index contributed by atoms with van der Waals surface area (Å²) in [6.45, 7) is 4.45. The molecule has 0 aliphatic carbocycles. The molecule has 0 spiro atoms. The topological polar surface area (TPSA) is 32.1 Å². The zero-order valence-corrected chi connectivity index (χ0v) is 5.06. The predicted octanol–water partition coefficient (Wildman–Crippen LogP) is -0.475. The van der Waals surface area contributed by atoms with E-state index in [2.05, 4.69) is 5.43 Å². The van der Waals surface area contributed by atoms with Crippen LogP contribution in [-0.4, -0.2) is 22.8 Å². The van der Waals surface area contributed by atoms with Crippen molar-refractivity contribution in [3.05, 3.63) is 0 Å². The quantitative estimate of drug-likeness (QED) is 0.423. The van der Waals surface area contributed by atoms with Gasteiger partial charge in [0.05, 0.1) is 0 Å². The summed E-state index contributed by atoms with van der Waals surface area (Å²) in [6, 6.07) is 0. The van der Waals surface area contributed by atoms with Gasteiger partial charge in [-0.25, -0.2) is 0 Å². The number of hydrogen-bond acceptors (Lipinski definition) is 1. The van der Waals surface area contributed by atoms with Gasteiger partial charge in [0.1, 0.15) is 0 Å². The molecule has 0 aromatic heterocycles. The molecular formula is C5H9N2O+. The Labute approximate surface area is 48.0 Å². The summed E-state index contributed by atoms with van der Waals surface area (Å²) in [5.74, 6) is 0.103. The number of hydrazone groups is 1. The van der Waals surface area contributed by atoms with Crippen LogP contribution in [0.2, 0.25) is 0 Å². The van der Waals surface area contributed by atoms with Crippen LogP contribution < -0.4 is 5.43 Å². The number of carbonyl (C=O) groups excluding carboxylic acids is 1. The molecule has 1 heterocycles. The third-order valence-corrected chi connectivity index (χ3v) is 1.10. The lowest BCUT2D eigenvalue weighted by atomic mass is 10.4. The fourth-order valence-corrected chi connectivity index (χ4v) is 0.548. The van der Waals surface area contributed by atoms with E-state index in [9.17, 15) is 4.79 Å². The molecule has 0 atom stereocenters. The molecule has 1 rings (SSSR count). The molecular weight excluding hydrogens is 104 g/mol. The van der Waals surface area contributed by atoms with Crippen LogP contribution in [0.15, 0.2) is 0 Å². The lowest BCUT2D eigenvalue weighted by Gasteiger charge is -2.10. The summed E-state index contributed by atoms with van der Waals surface area (Å²) >= 11 is 0. The van der Waals surface area contributed by atoms with Crippen LogP contribution in [0, 0.1) is 0 Å². The average molecular weight is 113 g/mol. The Morgan fingerprint density at radius 3 is 2.38 bits per heavy atom. The smallest absolute Gasteiger partial charge is 0.262 e. The first-order valence-electron chi connectivity index (χ1n) is 2.57. The van der Waals surface area contributed by atoms with Crippen LogP contribution in [0.4, 0.5) is 0 Å². The van der Waals surface area contributed by atoms with Gasteiger partial charge in [0, 0.05) is 13.8 Å². The van der Waals surface area contributed by atoms with Crippen molar-refractivity contribution in [2.45, 2.75) is 13.8 Å². The van der Waals surface area contributed by atoms with E-state index in [0.29, 0.717) is 6.54 Å². The predicted molar refractivity (Wildman–Crippen MR) is 29.6 cm³/mol. The summed E-state index contributed by atoms with van der Waals surface area (Å²) in [4.78, 5) is 10.2. The van der Waals surface area contributed by atoms with Crippen molar-refractivity contribution < 1.29 is 9.48 Å². The minimum atomic E-state index is 0.103. The molecule has 1 fully saturated rings. The number of hydrazine groups is 1. The maximum Gasteiger partial charge on any atom is 0.342 e. The molecule has 44 valence electrons. The number of rotatable bonds is 0. The van der Waals surface area contributed by atoms with E-state index in [1.165, 1.54) is 0 Å². The van der Waals surface area contributed by atoms with Gasteiger partial charge in [-0.05, 0) is 0 Å². The second-order valence-corrected chi connectivity index (χ2v) is 2.07. The normalized spacial score (nSPS) is 17.2. The van der Waals surface area contributed by atoms with Crippen LogP contribution >= 0.6 is 0 Å². The summed E-state index contributed by atoms with van der Waals surface area (Å²) in [7, 11) is 0. The van der Waals surface area contributed by atoms with Crippen molar-refractivity contribution in [1.29, 1.82) is 0 Å². The van der Waals surface area contributed by atoms with Crippen LogP contribution in [0.1, 0.15) is 13.8 Å². The molecule has 0 aromatic rings. The number of amides is 1. The van der Waals surface area contributed by atoms with Gasteiger partial charge in [0.15, 0.2) is 5.71 Å². The lowest BCUT2D eigenvalue weighted by molar-refractivity contribution is -0.603. The first-order chi connectivity index (χ1) is 3.70. The van der Waals surface area contributed by atoms with Crippen molar-refractivity contribution in [3.8, 4) is 0 Å². The lowest BCUT2D eigenvalue weighted by Crippen LogP contribution is -2.53. The highest BCUT2D eigenvalue weighted by Crippen LogP contribution is 1.85. The van der Waals surface area contributed by atoms with Gasteiger partial charge in [0.2, 0.25) is 0 Å². The third kappa shape index (κ3) is 0.710. The van der Waals surface area contributed by atoms with E-state index in [1.54, 1.807) is 0 Å². The molecule has 1 aliphatic heterocycles. The SMILES string of the molecule is CC(C)=[N+]1CC(=O)N1. The molecule has 8 heavy (non-hydrogen) atoms. The van der Waals surface area contributed by atoms with Crippen LogP contribution in [0.5, 0.6) is 0 Å². The van der Waals surface area contributed by atoms with Crippen LogP contribution in [0.25, 0.3) is 0 Å². The number of nitrogens with one attached hydrogen (secondary N) is 1. The highest BCUT2D eigenvalue weighted by molar-refractivity contribution is 5.83. The first kappa shape index (κ1) is 5.28. The zero-order chi connectivity index (χ0) is 6.15. The van der Waals surface area contributed by atoms with Crippen molar-refractivity contribution in [2.24, 2.45) is 0 Å². The monoisotopic (exact) mass is 113 g/mol. The Balaban J connectivity index is 2.57. The van der Waals surface area contributed by atoms with Crippen molar-refractivity contribution in [1.82, 2.24) is 5.43 Å². The molecule has 3 nitrogen and oxygen atoms in total. The molecule has 0 aromatic carbocycles. The number of carbonyl (C=O) groups is 1. The summed E-state index contributed by atoms with van der Waals surface area (Å²) in [5, 5.41) is 0. The van der Waals surface area contributed by atoms with Gasteiger partial charge in [-0.15, -0.1) is 10.1 Å². The summed E-state index contributed by atoms with van der Waals surface area (Å²) in [6.07, 6.45) is 0. The van der Waals surface area contributed by atoms with Crippen LogP contribution in [0.3, 0.4) is 0 Å². The number of nitrogens with zero attached hydrogens (tertiary/aromatic N) is 1. The van der Waals surface area contributed by atoms with Crippen LogP contribution in [-0.2, 0) is 4.79 Å². The molecule has 1 N–H and O–H groups in total. The second-order valence-electron chi connectivity index (χ2n) is 2.07. The number of hydrogen-bond donors (Lipinski definition) is 1. The van der Waals surface area contributed by atoms with E-state index in [0.717, 1.165) is 5.71 Å². The molecule has 1 aliphatic rings. The highest BCUT2D eigenvalue weighted by Gasteiger charge is 2.27. The molecule has 0 unspecified atom stereocenters. The Morgan fingerprint density at radius 2 is 2.25 bits per heavy atom. The van der Waals surface area contributed by atoms with Crippen molar-refractivity contribution in [2.75, 3.05) is 6.54 Å². The summed E-state index contributed by atoms with van der Waals surface area (Å²) in [5.41, 5.74) is 3.73. The minimum Gasteiger partial charge on any atom is -0.262 e. The Kier molecular flexibility index (Phi) is 1.04. The first-order valence-corrected chi connectivity index (χ1v) is 2.57. The molecule has 3 heteroatoms. The summed E-state index contributed by atoms with van der Waals surface area (Å²) < 4.78 is 1.81. The van der Waals surface area contributed by atoms with Gasteiger partial charge in [-0.1, -0.05) is 0 Å². The van der Waals surface area contributed by atoms with E-state index in [4.69, 9.17) is 0 Å². The van der Waals surface area contributed by atoms with Crippen molar-refractivity contribution in [3.63, 3.8) is 0 Å². The molecule has 1 amide bonds. The average Bonchev–Trinajstić information content (AvgIpc) is 1.57. The van der Waals surface area contributed by atoms with E-state index in [1.807, 2.05) is 18.5 Å². The van der Waals surface area contributed by atoms with Gasteiger partial charge in [-0.3, -0.25) is 4.79 Å². The minimum absolute atomic E-state index is 0.103. The largest absolute Gasteiger partial charge is 0.342 e. The standard InChI is InChI=1S/C5H8N2O/c1-4(2)7-3-5(8)6-7/h3H2,1-2H3/p+1. The second kappa shape index (κ2) is 1.58. The highest BCUT2D eigenvalue weighted by atomic mass is 16.2. The van der Waals surface area contributed by atoms with Gasteiger partial charge >= 0.3 is 5.91 Å². The van der Waals surface area contributed by atoms with Gasteiger partial charge in [0.25, 0.3) is 6.54 Å². The molecule has 0 bridgehead atoms. The van der Waals surface area contributed by atoms with Gasteiger partial charge < -0.3 is 0 Å². The van der Waals surface area contributed by atoms with Gasteiger partial charge in [-0.2, -0.15) is 0 Å². The molecule has 1 saturated heterocycles. The maximum atomic E-state index is 10.2. The molecule has 0 radical (unpaired) electrons. The van der Waals surface area contributed by atoms with E-state index < -0.39 is 0 Å². The fourth-order valence-electron chi connectivity index (χ4n) is 0.548. The van der Waals surface area contributed by atoms with E-state index in [-0.39, 0.29) is 5.91 Å². The Morgan fingerprint density at radius 1 is 1.75 bits per heavy atom. The Bertz CT molecular complexity index is 146. The maximum absolute atomic E-state index is 10.2.